The van der Waals surface area contributed by atoms with Gasteiger partial charge in [-0.05, 0) is 13.0 Å². The first kappa shape index (κ1) is 12.1. The molecule has 13 heavy (non-hydrogen) atoms. The molecule has 0 amide bonds. The lowest BCUT2D eigenvalue weighted by Gasteiger charge is -2.11. The van der Waals surface area contributed by atoms with Crippen molar-refractivity contribution in [3.63, 3.8) is 0 Å². The van der Waals surface area contributed by atoms with Crippen LogP contribution in [0.5, 0.6) is 11.5 Å². The van der Waals surface area contributed by atoms with Crippen LogP contribution in [0, 0.1) is 0 Å². The van der Waals surface area contributed by atoms with Crippen LogP contribution >= 0.6 is 12.4 Å². The van der Waals surface area contributed by atoms with Crippen LogP contribution < -0.4 is 10.5 Å². The smallest absolute Gasteiger partial charge is 0.127 e. The molecule has 0 fully saturated rings. The van der Waals surface area contributed by atoms with E-state index in [9.17, 15) is 0 Å². The second kappa shape index (κ2) is 4.94. The third-order valence-corrected chi connectivity index (χ3v) is 1.71. The molecular weight excluding hydrogens is 190 g/mol. The van der Waals surface area contributed by atoms with E-state index in [2.05, 4.69) is 0 Å². The van der Waals surface area contributed by atoms with Crippen LogP contribution in [0.25, 0.3) is 0 Å². The molecule has 0 aliphatic carbocycles. The van der Waals surface area contributed by atoms with Gasteiger partial charge in [0.25, 0.3) is 0 Å². The second-order valence-electron chi connectivity index (χ2n) is 2.71. The van der Waals surface area contributed by atoms with E-state index in [1.807, 2.05) is 6.92 Å². The van der Waals surface area contributed by atoms with Gasteiger partial charge in [-0.25, -0.2) is 0 Å². The van der Waals surface area contributed by atoms with Crippen LogP contribution in [0.15, 0.2) is 18.2 Å². The fraction of sp³-hybridized carbons (Fsp3) is 0.333. The number of ether oxygens (including phenoxy) is 1. The van der Waals surface area contributed by atoms with Gasteiger partial charge in [0.1, 0.15) is 11.5 Å². The summed E-state index contributed by atoms with van der Waals surface area (Å²) in [5, 5.41) is 9.13. The minimum atomic E-state index is -0.0828. The quantitative estimate of drug-likeness (QED) is 0.771. The van der Waals surface area contributed by atoms with E-state index in [0.29, 0.717) is 5.75 Å². The van der Waals surface area contributed by atoms with E-state index in [1.54, 1.807) is 25.3 Å². The predicted octanol–water partition coefficient (Wildman–Crippen LogP) is 1.84. The molecule has 0 aliphatic heterocycles. The molecule has 0 saturated carbocycles. The number of hydrogen-bond donors (Lipinski definition) is 2. The fourth-order valence-electron chi connectivity index (χ4n) is 1.08. The topological polar surface area (TPSA) is 55.5 Å². The van der Waals surface area contributed by atoms with Gasteiger partial charge in [-0.3, -0.25) is 0 Å². The predicted molar refractivity (Wildman–Crippen MR) is 54.5 cm³/mol. The monoisotopic (exact) mass is 203 g/mol. The first-order valence-electron chi connectivity index (χ1n) is 3.77. The van der Waals surface area contributed by atoms with Gasteiger partial charge in [-0.2, -0.15) is 0 Å². The minimum Gasteiger partial charge on any atom is -0.508 e. The van der Waals surface area contributed by atoms with Gasteiger partial charge in [-0.15, -0.1) is 12.4 Å². The molecule has 3 nitrogen and oxygen atoms in total. The summed E-state index contributed by atoms with van der Waals surface area (Å²) in [6.45, 7) is 1.87. The number of nitrogens with two attached hydrogens (primary N) is 1. The highest BCUT2D eigenvalue weighted by molar-refractivity contribution is 5.85. The lowest BCUT2D eigenvalue weighted by molar-refractivity contribution is 0.400. The van der Waals surface area contributed by atoms with Crippen molar-refractivity contribution in [3.8, 4) is 11.5 Å². The molecule has 0 radical (unpaired) electrons. The molecule has 74 valence electrons. The number of rotatable bonds is 2. The zero-order valence-electron chi connectivity index (χ0n) is 7.65. The summed E-state index contributed by atoms with van der Waals surface area (Å²) in [7, 11) is 1.56. The Kier molecular flexibility index (Phi) is 4.59. The zero-order valence-corrected chi connectivity index (χ0v) is 8.47. The lowest BCUT2D eigenvalue weighted by Crippen LogP contribution is -2.06. The first-order valence-corrected chi connectivity index (χ1v) is 3.77. The van der Waals surface area contributed by atoms with Crippen molar-refractivity contribution < 1.29 is 9.84 Å². The third kappa shape index (κ3) is 2.79. The van der Waals surface area contributed by atoms with E-state index >= 15 is 0 Å². The molecule has 0 spiro atoms. The Labute approximate surface area is 83.9 Å². The van der Waals surface area contributed by atoms with Crippen molar-refractivity contribution in [1.29, 1.82) is 0 Å². The van der Waals surface area contributed by atoms with Crippen molar-refractivity contribution in [2.45, 2.75) is 13.0 Å². The molecule has 0 aromatic heterocycles. The van der Waals surface area contributed by atoms with Crippen LogP contribution in [-0.4, -0.2) is 12.2 Å². The van der Waals surface area contributed by atoms with E-state index in [0.717, 1.165) is 5.56 Å². The third-order valence-electron chi connectivity index (χ3n) is 1.71. The van der Waals surface area contributed by atoms with Gasteiger partial charge in [0, 0.05) is 17.7 Å². The molecule has 4 heteroatoms. The van der Waals surface area contributed by atoms with Crippen molar-refractivity contribution in [3.05, 3.63) is 23.8 Å². The summed E-state index contributed by atoms with van der Waals surface area (Å²) >= 11 is 0. The van der Waals surface area contributed by atoms with Crippen LogP contribution in [0.4, 0.5) is 0 Å². The number of phenols is 1. The number of methoxy groups -OCH3 is 1. The number of phenolic OH excluding ortho intramolecular Hbond substituents is 1. The Morgan fingerprint density at radius 1 is 1.46 bits per heavy atom. The van der Waals surface area contributed by atoms with Crippen LogP contribution in [0.1, 0.15) is 18.5 Å². The maximum atomic E-state index is 9.13. The fourth-order valence-corrected chi connectivity index (χ4v) is 1.08. The van der Waals surface area contributed by atoms with Crippen LogP contribution in [-0.2, 0) is 0 Å². The van der Waals surface area contributed by atoms with Gasteiger partial charge in [0.05, 0.1) is 7.11 Å². The van der Waals surface area contributed by atoms with Crippen molar-refractivity contribution in [2.75, 3.05) is 7.11 Å². The normalized spacial score (nSPS) is 11.6. The molecule has 0 unspecified atom stereocenters. The summed E-state index contributed by atoms with van der Waals surface area (Å²) < 4.78 is 5.05. The summed E-state index contributed by atoms with van der Waals surface area (Å²) in [6, 6.07) is 4.83. The SMILES string of the molecule is COc1cc(O)ccc1[C@H](C)N.Cl. The van der Waals surface area contributed by atoms with Gasteiger partial charge in [0.2, 0.25) is 0 Å². The van der Waals surface area contributed by atoms with Crippen molar-refractivity contribution >= 4 is 12.4 Å². The summed E-state index contributed by atoms with van der Waals surface area (Å²) in [5.74, 6) is 0.821. The second-order valence-corrected chi connectivity index (χ2v) is 2.71. The molecule has 1 atom stereocenters. The van der Waals surface area contributed by atoms with Crippen molar-refractivity contribution in [1.82, 2.24) is 0 Å². The molecular formula is C9H14ClNO2. The average Bonchev–Trinajstić information content (AvgIpc) is 2.03. The summed E-state index contributed by atoms with van der Waals surface area (Å²) in [4.78, 5) is 0. The highest BCUT2D eigenvalue weighted by Crippen LogP contribution is 2.27. The minimum absolute atomic E-state index is 0. The highest BCUT2D eigenvalue weighted by atomic mass is 35.5. The molecule has 0 heterocycles. The summed E-state index contributed by atoms with van der Waals surface area (Å²) in [5.41, 5.74) is 6.58. The highest BCUT2D eigenvalue weighted by Gasteiger charge is 2.07. The summed E-state index contributed by atoms with van der Waals surface area (Å²) in [6.07, 6.45) is 0. The number of halogens is 1. The lowest BCUT2D eigenvalue weighted by atomic mass is 10.1. The Morgan fingerprint density at radius 3 is 2.54 bits per heavy atom. The number of hydrogen-bond acceptors (Lipinski definition) is 3. The molecule has 1 aromatic rings. The maximum absolute atomic E-state index is 9.13. The Bertz CT molecular complexity index is 276. The molecule has 0 saturated heterocycles. The molecule has 0 aliphatic rings. The Balaban J connectivity index is 0.00000144. The van der Waals surface area contributed by atoms with E-state index in [-0.39, 0.29) is 24.2 Å². The average molecular weight is 204 g/mol. The Hall–Kier alpha value is -0.930. The first-order chi connectivity index (χ1) is 5.65. The molecule has 3 N–H and O–H groups in total. The standard InChI is InChI=1S/C9H13NO2.ClH/c1-6(10)8-4-3-7(11)5-9(8)12-2;/h3-6,11H,10H2,1-2H3;1H/t6-;/m0./s1. The van der Waals surface area contributed by atoms with Gasteiger partial charge in [-0.1, -0.05) is 6.07 Å². The van der Waals surface area contributed by atoms with E-state index < -0.39 is 0 Å². The van der Waals surface area contributed by atoms with Crippen molar-refractivity contribution in [2.24, 2.45) is 5.73 Å². The van der Waals surface area contributed by atoms with E-state index in [4.69, 9.17) is 15.6 Å². The molecule has 1 aromatic carbocycles. The van der Waals surface area contributed by atoms with E-state index in [1.165, 1.54) is 0 Å². The molecule has 0 bridgehead atoms. The maximum Gasteiger partial charge on any atom is 0.127 e. The number of aromatic hydroxyl groups is 1. The van der Waals surface area contributed by atoms with Crippen LogP contribution in [0.3, 0.4) is 0 Å². The number of benzene rings is 1. The van der Waals surface area contributed by atoms with Crippen LogP contribution in [0.2, 0.25) is 0 Å². The van der Waals surface area contributed by atoms with Gasteiger partial charge >= 0.3 is 0 Å². The largest absolute Gasteiger partial charge is 0.508 e. The van der Waals surface area contributed by atoms with Gasteiger partial charge in [0.15, 0.2) is 0 Å². The molecule has 1 rings (SSSR count). The zero-order chi connectivity index (χ0) is 9.14. The Morgan fingerprint density at radius 2 is 2.08 bits per heavy atom. The van der Waals surface area contributed by atoms with Gasteiger partial charge < -0.3 is 15.6 Å².